The molecule has 362 valence electrons. The van der Waals surface area contributed by atoms with Crippen LogP contribution in [0.5, 0.6) is 5.75 Å². The lowest BCUT2D eigenvalue weighted by Crippen LogP contribution is -2.62. The summed E-state index contributed by atoms with van der Waals surface area (Å²) in [6.45, 7) is 3.87. The Balaban J connectivity index is 1.74. The van der Waals surface area contributed by atoms with Gasteiger partial charge >= 0.3 is 0 Å². The van der Waals surface area contributed by atoms with E-state index in [0.717, 1.165) is 4.90 Å². The summed E-state index contributed by atoms with van der Waals surface area (Å²) >= 11 is -2.34. The van der Waals surface area contributed by atoms with Crippen molar-refractivity contribution in [3.8, 4) is 5.75 Å². The average Bonchev–Trinajstić information content (AvgIpc) is 3.85. The van der Waals surface area contributed by atoms with Gasteiger partial charge in [-0.1, -0.05) is 27.2 Å². The SMILES string of the molecule is CCOc1ccc2c3c([nH]c2c1)[S+]([O-])C[C@@H]1NC(=O)CNC(=O)[C@H]([C@@H](C)CC)NC(=O)CNC(=O)C(C3)NC(=O)[C@H]([C@@H](C)[C@@H](O)CO)NC(=O)[C@@H]2C[C@@H](O)CN2C(=O)[C@H](CC(N)=O)NC1=O. The lowest BCUT2D eigenvalue weighted by atomic mass is 9.93. The fourth-order valence-corrected chi connectivity index (χ4v) is 9.34. The third kappa shape index (κ3) is 12.2. The summed E-state index contributed by atoms with van der Waals surface area (Å²) in [5.41, 5.74) is 5.98. The number of nitrogens with one attached hydrogen (secondary N) is 8. The molecule has 9 amide bonds. The standard InChI is InChI=1S/C41H58N10O14S/c1-5-18(3)33-38(61)44-13-31(56)45-27-17-66(64)40-23(22-8-7-21(65-6-2)10-24(22)48-40)11-25(35(58)43-14-32(57)49-33)46-39(62)34(19(4)29(54)16-52)50-37(60)28-9-20(53)15-51(28)41(63)26(12-30(42)55)47-36(27)59/h7-8,10,18-20,25-29,33-34,48,52-54H,5-6,9,11-17H2,1-4H3,(H2,42,55)(H,43,58)(H,44,61)(H,45,56)(H,46,62)(H,47,59)(H,49,57)(H,50,60)/t18-,19-,20+,25?,26-,27-,28-,29-,33-,34-,66?/m0/s1. The first kappa shape index (κ1) is 51.0. The second-order valence-corrected chi connectivity index (χ2v) is 18.0. The lowest BCUT2D eigenvalue weighted by molar-refractivity contribution is -0.144. The third-order valence-corrected chi connectivity index (χ3v) is 13.3. The number of aliphatic hydroxyl groups excluding tert-OH is 3. The number of hydrogen-bond acceptors (Lipinski definition) is 14. The number of ether oxygens (including phenoxy) is 1. The number of benzene rings is 1. The normalized spacial score (nSPS) is 28.0. The summed E-state index contributed by atoms with van der Waals surface area (Å²) in [7, 11) is 0. The molecule has 0 spiro atoms. The van der Waals surface area contributed by atoms with Crippen LogP contribution in [0.25, 0.3) is 10.9 Å². The van der Waals surface area contributed by atoms with Crippen LogP contribution < -0.4 is 47.7 Å². The Morgan fingerprint density at radius 3 is 2.23 bits per heavy atom. The topological polar surface area (TPSA) is 376 Å². The molecule has 25 heteroatoms. The monoisotopic (exact) mass is 946 g/mol. The van der Waals surface area contributed by atoms with E-state index in [0.29, 0.717) is 23.1 Å². The number of aromatic nitrogens is 1. The Morgan fingerprint density at radius 2 is 1.58 bits per heavy atom. The Morgan fingerprint density at radius 1 is 0.894 bits per heavy atom. The molecule has 4 heterocycles. The molecule has 13 N–H and O–H groups in total. The van der Waals surface area contributed by atoms with Crippen LogP contribution in [0.15, 0.2) is 23.2 Å². The zero-order valence-corrected chi connectivity index (χ0v) is 37.7. The number of amides is 9. The van der Waals surface area contributed by atoms with E-state index in [1.807, 2.05) is 0 Å². The Bertz CT molecular complexity index is 2190. The highest BCUT2D eigenvalue weighted by atomic mass is 32.2. The number of carbonyl (C=O) groups excluding carboxylic acids is 9. The van der Waals surface area contributed by atoms with Crippen LogP contribution in [0.3, 0.4) is 0 Å². The van der Waals surface area contributed by atoms with Crippen LogP contribution in [0, 0.1) is 11.8 Å². The van der Waals surface area contributed by atoms with Gasteiger partial charge in [0.05, 0.1) is 50.4 Å². The number of nitrogens with zero attached hydrogens (tertiary/aromatic N) is 1. The van der Waals surface area contributed by atoms with Crippen molar-refractivity contribution in [2.45, 2.75) is 107 Å². The van der Waals surface area contributed by atoms with E-state index in [4.69, 9.17) is 10.5 Å². The number of carbonyl (C=O) groups is 9. The van der Waals surface area contributed by atoms with E-state index in [2.05, 4.69) is 42.2 Å². The predicted molar refractivity (Wildman–Crippen MR) is 232 cm³/mol. The van der Waals surface area contributed by atoms with E-state index < -0.39 is 176 Å². The molecule has 24 nitrogen and oxygen atoms in total. The zero-order valence-electron chi connectivity index (χ0n) is 36.8. The second kappa shape index (κ2) is 22.4. The fourth-order valence-electron chi connectivity index (χ4n) is 7.95. The lowest BCUT2D eigenvalue weighted by Gasteiger charge is -2.32. The summed E-state index contributed by atoms with van der Waals surface area (Å²) in [6, 6.07) is -5.10. The molecule has 1 fully saturated rings. The molecule has 1 aromatic heterocycles. The zero-order chi connectivity index (χ0) is 48.6. The van der Waals surface area contributed by atoms with Crippen molar-refractivity contribution in [3.63, 3.8) is 0 Å². The van der Waals surface area contributed by atoms with Gasteiger partial charge in [-0.05, 0) is 25.0 Å². The van der Waals surface area contributed by atoms with Gasteiger partial charge in [0, 0.05) is 53.5 Å². The molecule has 11 atom stereocenters. The Hall–Kier alpha value is -6.02. The first-order valence-electron chi connectivity index (χ1n) is 21.5. The van der Waals surface area contributed by atoms with Gasteiger partial charge in [0.2, 0.25) is 58.2 Å². The Labute approximate surface area is 381 Å². The molecule has 2 aromatic rings. The largest absolute Gasteiger partial charge is 0.610 e. The number of aromatic amines is 1. The van der Waals surface area contributed by atoms with Crippen LogP contribution in [0.1, 0.15) is 52.5 Å². The van der Waals surface area contributed by atoms with Crippen LogP contribution in [-0.4, -0.2) is 170 Å². The Kier molecular flexibility index (Phi) is 17.3. The van der Waals surface area contributed by atoms with E-state index in [-0.39, 0.29) is 17.2 Å². The van der Waals surface area contributed by atoms with E-state index in [9.17, 15) is 63.0 Å². The number of primary amides is 1. The molecule has 66 heavy (non-hydrogen) atoms. The highest BCUT2D eigenvalue weighted by Gasteiger charge is 2.45. The maximum absolute atomic E-state index is 14.7. The van der Waals surface area contributed by atoms with Gasteiger partial charge in [-0.3, -0.25) is 43.2 Å². The van der Waals surface area contributed by atoms with Crippen molar-refractivity contribution >= 4 is 75.2 Å². The summed E-state index contributed by atoms with van der Waals surface area (Å²) in [5.74, 6) is -11.2. The van der Waals surface area contributed by atoms with E-state index in [1.54, 1.807) is 39.0 Å². The number of hydrogen-bond donors (Lipinski definition) is 12. The second-order valence-electron chi connectivity index (χ2n) is 16.6. The highest BCUT2D eigenvalue weighted by Crippen LogP contribution is 2.31. The van der Waals surface area contributed by atoms with Crippen LogP contribution in [-0.2, 0) is 60.7 Å². The molecule has 0 aliphatic carbocycles. The van der Waals surface area contributed by atoms with E-state index in [1.165, 1.54) is 6.92 Å². The minimum absolute atomic E-state index is 0.102. The van der Waals surface area contributed by atoms with E-state index >= 15 is 0 Å². The van der Waals surface area contributed by atoms with Crippen molar-refractivity contribution in [2.24, 2.45) is 17.6 Å². The molecule has 1 aromatic carbocycles. The number of nitrogens with two attached hydrogens (primary N) is 1. The molecule has 2 unspecified atom stereocenters. The number of fused-ring (bicyclic) bond motifs is 5. The van der Waals surface area contributed by atoms with Crippen molar-refractivity contribution in [1.82, 2.24) is 47.1 Å². The molecule has 5 rings (SSSR count). The van der Waals surface area contributed by atoms with Gasteiger partial charge < -0.3 is 77.4 Å². The fraction of sp³-hybridized carbons (Fsp3) is 0.585. The van der Waals surface area contributed by atoms with Crippen molar-refractivity contribution in [3.05, 3.63) is 23.8 Å². The van der Waals surface area contributed by atoms with Crippen LogP contribution in [0.4, 0.5) is 0 Å². The summed E-state index contributed by atoms with van der Waals surface area (Å²) in [5, 5.41) is 48.9. The molecular formula is C41H58N10O14S. The molecule has 3 aliphatic heterocycles. The van der Waals surface area contributed by atoms with Crippen molar-refractivity contribution in [1.29, 1.82) is 0 Å². The number of rotatable bonds is 9. The molecule has 3 aliphatic rings. The maximum Gasteiger partial charge on any atom is 0.248 e. The minimum Gasteiger partial charge on any atom is -0.610 e. The molecule has 1 saturated heterocycles. The minimum atomic E-state index is -2.34. The van der Waals surface area contributed by atoms with Gasteiger partial charge in [0.1, 0.15) is 41.7 Å². The smallest absolute Gasteiger partial charge is 0.248 e. The van der Waals surface area contributed by atoms with Gasteiger partial charge in [-0.15, -0.1) is 0 Å². The average molecular weight is 947 g/mol. The first-order chi connectivity index (χ1) is 31.3. The summed E-state index contributed by atoms with van der Waals surface area (Å²) < 4.78 is 20.4. The van der Waals surface area contributed by atoms with Gasteiger partial charge in [-0.2, -0.15) is 0 Å². The number of aliphatic hydroxyl groups is 3. The summed E-state index contributed by atoms with van der Waals surface area (Å²) in [6.07, 6.45) is -4.33. The van der Waals surface area contributed by atoms with Crippen molar-refractivity contribution in [2.75, 3.05) is 38.6 Å². The molecule has 2 bridgehead atoms. The summed E-state index contributed by atoms with van der Waals surface area (Å²) in [4.78, 5) is 128. The van der Waals surface area contributed by atoms with Gasteiger partial charge in [0.25, 0.3) is 0 Å². The van der Waals surface area contributed by atoms with Crippen LogP contribution >= 0.6 is 0 Å². The number of H-pyrrole nitrogens is 1. The first-order valence-corrected chi connectivity index (χ1v) is 22.8. The van der Waals surface area contributed by atoms with Gasteiger partial charge in [0.15, 0.2) is 6.04 Å². The quantitative estimate of drug-likeness (QED) is 0.105. The predicted octanol–water partition coefficient (Wildman–Crippen LogP) is -5.23. The molecule has 0 radical (unpaired) electrons. The van der Waals surface area contributed by atoms with Crippen molar-refractivity contribution < 1.29 is 67.8 Å². The molecule has 0 saturated carbocycles. The molecular weight excluding hydrogens is 889 g/mol. The maximum atomic E-state index is 14.7. The third-order valence-electron chi connectivity index (χ3n) is 11.8. The van der Waals surface area contributed by atoms with Gasteiger partial charge in [-0.25, -0.2) is 0 Å². The van der Waals surface area contributed by atoms with Crippen LogP contribution in [0.2, 0.25) is 0 Å². The highest BCUT2D eigenvalue weighted by molar-refractivity contribution is 7.91.